The van der Waals surface area contributed by atoms with Gasteiger partial charge < -0.3 is 15.4 Å². The molecule has 7 nitrogen and oxygen atoms in total. The van der Waals surface area contributed by atoms with Gasteiger partial charge in [0.15, 0.2) is 11.5 Å². The molecule has 0 radical (unpaired) electrons. The second-order valence-corrected chi connectivity index (χ2v) is 7.31. The summed E-state index contributed by atoms with van der Waals surface area (Å²) in [5, 5.41) is 6.00. The first kappa shape index (κ1) is 20.5. The molecule has 0 atom stereocenters. The lowest BCUT2D eigenvalue weighted by Gasteiger charge is -2.17. The molecule has 2 N–H and O–H groups in total. The number of benzene rings is 1. The Kier molecular flexibility index (Phi) is 5.62. The standard InChI is InChI=1S/C23H21FN4O3/c1-13(29)17-12-26-21(28-23(30)14-6-7-14)10-20(17)27-19-5-3-4-16(22(19)31-2)18-9-8-15(24)11-25-18/h3-5,8-12,14H,6-7H2,1-2H3,(H2,26,27,28,30). The van der Waals surface area contributed by atoms with Crippen LogP contribution in [0.1, 0.15) is 30.1 Å². The summed E-state index contributed by atoms with van der Waals surface area (Å²) in [5.74, 6) is 0.198. The van der Waals surface area contributed by atoms with Crippen LogP contribution in [0.5, 0.6) is 5.75 Å². The third kappa shape index (κ3) is 4.53. The van der Waals surface area contributed by atoms with Gasteiger partial charge in [0, 0.05) is 23.7 Å². The third-order valence-corrected chi connectivity index (χ3v) is 4.97. The fourth-order valence-electron chi connectivity index (χ4n) is 3.22. The van der Waals surface area contributed by atoms with Gasteiger partial charge in [0.2, 0.25) is 5.91 Å². The van der Waals surface area contributed by atoms with Crippen molar-refractivity contribution in [1.82, 2.24) is 9.97 Å². The predicted octanol–water partition coefficient (Wildman–Crippen LogP) is 4.59. The van der Waals surface area contributed by atoms with Gasteiger partial charge in [0.25, 0.3) is 0 Å². The fourth-order valence-corrected chi connectivity index (χ4v) is 3.22. The Morgan fingerprint density at radius 1 is 1.10 bits per heavy atom. The Bertz CT molecular complexity index is 1140. The molecule has 8 heteroatoms. The van der Waals surface area contributed by atoms with E-state index in [0.29, 0.717) is 39.8 Å². The van der Waals surface area contributed by atoms with Crippen molar-refractivity contribution in [1.29, 1.82) is 0 Å². The minimum absolute atomic E-state index is 0.0330. The van der Waals surface area contributed by atoms with Crippen molar-refractivity contribution in [3.63, 3.8) is 0 Å². The Labute approximate surface area is 178 Å². The van der Waals surface area contributed by atoms with Crippen molar-refractivity contribution in [2.45, 2.75) is 19.8 Å². The van der Waals surface area contributed by atoms with Crippen LogP contribution < -0.4 is 15.4 Å². The van der Waals surface area contributed by atoms with Crippen molar-refractivity contribution in [2.24, 2.45) is 5.92 Å². The highest BCUT2D eigenvalue weighted by Gasteiger charge is 2.30. The largest absolute Gasteiger partial charge is 0.494 e. The number of ketones is 1. The molecule has 1 amide bonds. The second-order valence-electron chi connectivity index (χ2n) is 7.31. The van der Waals surface area contributed by atoms with E-state index in [2.05, 4.69) is 20.6 Å². The lowest BCUT2D eigenvalue weighted by molar-refractivity contribution is -0.117. The number of Topliss-reactive ketones (excluding diaryl/α,β-unsaturated/α-hetero) is 1. The maximum Gasteiger partial charge on any atom is 0.228 e. The van der Waals surface area contributed by atoms with Crippen LogP contribution in [0.4, 0.5) is 21.6 Å². The molecule has 0 saturated heterocycles. The molecule has 0 aliphatic heterocycles. The predicted molar refractivity (Wildman–Crippen MR) is 115 cm³/mol. The first-order valence-electron chi connectivity index (χ1n) is 9.84. The van der Waals surface area contributed by atoms with E-state index in [1.54, 1.807) is 24.3 Å². The summed E-state index contributed by atoms with van der Waals surface area (Å²) >= 11 is 0. The normalized spacial score (nSPS) is 12.9. The monoisotopic (exact) mass is 420 g/mol. The van der Waals surface area contributed by atoms with Crippen LogP contribution in [0.2, 0.25) is 0 Å². The van der Waals surface area contributed by atoms with Crippen LogP contribution in [-0.2, 0) is 4.79 Å². The molecule has 158 valence electrons. The van der Waals surface area contributed by atoms with Crippen molar-refractivity contribution in [2.75, 3.05) is 17.7 Å². The molecule has 1 saturated carbocycles. The molecule has 3 aromatic rings. The molecule has 31 heavy (non-hydrogen) atoms. The number of pyridine rings is 2. The summed E-state index contributed by atoms with van der Waals surface area (Å²) in [6, 6.07) is 9.92. The highest BCUT2D eigenvalue weighted by Crippen LogP contribution is 2.38. The summed E-state index contributed by atoms with van der Waals surface area (Å²) in [7, 11) is 1.52. The SMILES string of the molecule is COc1c(Nc2cc(NC(=O)C3CC3)ncc2C(C)=O)cccc1-c1ccc(F)cn1. The maximum absolute atomic E-state index is 13.3. The van der Waals surface area contributed by atoms with Crippen LogP contribution in [0.15, 0.2) is 48.8 Å². The van der Waals surface area contributed by atoms with E-state index >= 15 is 0 Å². The lowest BCUT2D eigenvalue weighted by atomic mass is 10.1. The van der Waals surface area contributed by atoms with Crippen molar-refractivity contribution in [3.05, 3.63) is 60.2 Å². The van der Waals surface area contributed by atoms with Gasteiger partial charge >= 0.3 is 0 Å². The number of aromatic nitrogens is 2. The van der Waals surface area contributed by atoms with E-state index in [-0.39, 0.29) is 17.6 Å². The third-order valence-electron chi connectivity index (χ3n) is 4.97. The van der Waals surface area contributed by atoms with Crippen LogP contribution in [0.3, 0.4) is 0 Å². The van der Waals surface area contributed by atoms with Crippen LogP contribution >= 0.6 is 0 Å². The topological polar surface area (TPSA) is 93.2 Å². The Hall–Kier alpha value is -3.81. The summed E-state index contributed by atoms with van der Waals surface area (Å²) in [6.45, 7) is 1.45. The quantitative estimate of drug-likeness (QED) is 0.543. The number of ether oxygens (including phenoxy) is 1. The average Bonchev–Trinajstić information content (AvgIpc) is 3.60. The van der Waals surface area contributed by atoms with E-state index in [0.717, 1.165) is 19.0 Å². The number of carbonyl (C=O) groups is 2. The summed E-state index contributed by atoms with van der Waals surface area (Å²) in [6.07, 6.45) is 4.33. The van der Waals surface area contributed by atoms with Crippen LogP contribution in [0.25, 0.3) is 11.3 Å². The zero-order valence-corrected chi connectivity index (χ0v) is 17.1. The van der Waals surface area contributed by atoms with E-state index < -0.39 is 5.82 Å². The number of hydrogen-bond donors (Lipinski definition) is 2. The van der Waals surface area contributed by atoms with Crippen molar-refractivity contribution in [3.8, 4) is 17.0 Å². The number of anilines is 3. The molecule has 1 aromatic carbocycles. The van der Waals surface area contributed by atoms with Crippen LogP contribution in [-0.4, -0.2) is 28.8 Å². The van der Waals surface area contributed by atoms with Gasteiger partial charge in [0.05, 0.1) is 35.9 Å². The number of hydrogen-bond acceptors (Lipinski definition) is 6. The number of carbonyl (C=O) groups excluding carboxylic acids is 2. The molecule has 0 unspecified atom stereocenters. The van der Waals surface area contributed by atoms with Gasteiger partial charge in [-0.3, -0.25) is 14.6 Å². The molecular weight excluding hydrogens is 399 g/mol. The second kappa shape index (κ2) is 8.51. The molecule has 1 fully saturated rings. The van der Waals surface area contributed by atoms with E-state index in [1.807, 2.05) is 6.07 Å². The fraction of sp³-hybridized carbons (Fsp3) is 0.217. The number of methoxy groups -OCH3 is 1. The number of amides is 1. The molecule has 1 aliphatic rings. The molecule has 2 heterocycles. The van der Waals surface area contributed by atoms with Crippen LogP contribution in [0, 0.1) is 11.7 Å². The first-order chi connectivity index (χ1) is 15.0. The minimum Gasteiger partial charge on any atom is -0.494 e. The van der Waals surface area contributed by atoms with Gasteiger partial charge in [-0.2, -0.15) is 0 Å². The van der Waals surface area contributed by atoms with Crippen molar-refractivity contribution >= 4 is 28.9 Å². The van der Waals surface area contributed by atoms with Gasteiger partial charge in [-0.15, -0.1) is 0 Å². The summed E-state index contributed by atoms with van der Waals surface area (Å²) in [4.78, 5) is 32.6. The molecule has 0 spiro atoms. The average molecular weight is 420 g/mol. The first-order valence-corrected chi connectivity index (χ1v) is 9.84. The van der Waals surface area contributed by atoms with Gasteiger partial charge in [-0.1, -0.05) is 6.07 Å². The number of rotatable bonds is 7. The van der Waals surface area contributed by atoms with E-state index in [9.17, 15) is 14.0 Å². The molecule has 4 rings (SSSR count). The minimum atomic E-state index is -0.430. The summed E-state index contributed by atoms with van der Waals surface area (Å²) in [5.41, 5.74) is 2.64. The van der Waals surface area contributed by atoms with E-state index in [1.165, 1.54) is 26.3 Å². The lowest BCUT2D eigenvalue weighted by Crippen LogP contribution is -2.15. The Balaban J connectivity index is 1.70. The van der Waals surface area contributed by atoms with Gasteiger partial charge in [-0.05, 0) is 44.0 Å². The molecule has 0 bridgehead atoms. The zero-order chi connectivity index (χ0) is 22.0. The zero-order valence-electron chi connectivity index (χ0n) is 17.1. The molecule has 2 aromatic heterocycles. The number of para-hydroxylation sites is 1. The highest BCUT2D eigenvalue weighted by molar-refractivity contribution is 6.01. The number of nitrogens with one attached hydrogen (secondary N) is 2. The van der Waals surface area contributed by atoms with E-state index in [4.69, 9.17) is 4.74 Å². The smallest absolute Gasteiger partial charge is 0.228 e. The Morgan fingerprint density at radius 2 is 1.90 bits per heavy atom. The maximum atomic E-state index is 13.3. The number of halogens is 1. The molecular formula is C23H21FN4O3. The number of nitrogens with zero attached hydrogens (tertiary/aromatic N) is 2. The van der Waals surface area contributed by atoms with Gasteiger partial charge in [0.1, 0.15) is 11.6 Å². The molecule has 1 aliphatic carbocycles. The van der Waals surface area contributed by atoms with Crippen molar-refractivity contribution < 1.29 is 18.7 Å². The highest BCUT2D eigenvalue weighted by atomic mass is 19.1. The Morgan fingerprint density at radius 3 is 2.55 bits per heavy atom. The van der Waals surface area contributed by atoms with Gasteiger partial charge in [-0.25, -0.2) is 9.37 Å². The summed E-state index contributed by atoms with van der Waals surface area (Å²) < 4.78 is 18.9.